The molecule has 2 aromatic carbocycles. The predicted molar refractivity (Wildman–Crippen MR) is 178 cm³/mol. The Hall–Kier alpha value is -4.11. The first-order chi connectivity index (χ1) is 21.4. The zero-order valence-corrected chi connectivity index (χ0v) is 28.1. The van der Waals surface area contributed by atoms with Crippen LogP contribution in [0.15, 0.2) is 53.1 Å². The molecular formula is C36H43N3O5S. The minimum absolute atomic E-state index is 0.249. The maximum atomic E-state index is 13.3. The van der Waals surface area contributed by atoms with E-state index in [0.717, 1.165) is 27.1 Å². The van der Waals surface area contributed by atoms with E-state index in [2.05, 4.69) is 49.4 Å². The standard InChI is InChI=1S/C36H43N3O5S/c1-8-37-34(40)32-31(30-19-25-14-16-39(17-15-29(25)45-30)35(41)43-36(5,6)7)33(44-38-32)27-20-26(22(2)3)23(4)18-28(27)42-21-24-12-10-9-11-13-24/h9-13,18-20,22H,8,14-17,21H2,1-7H3,(H,37,40). The molecule has 2 amide bonds. The molecule has 0 bridgehead atoms. The number of carbonyl (C=O) groups excluding carboxylic acids is 2. The molecule has 0 saturated heterocycles. The number of nitrogens with one attached hydrogen (secondary N) is 1. The molecule has 0 fully saturated rings. The van der Waals surface area contributed by atoms with Gasteiger partial charge in [0.05, 0.1) is 11.1 Å². The van der Waals surface area contributed by atoms with Gasteiger partial charge >= 0.3 is 6.09 Å². The zero-order chi connectivity index (χ0) is 32.3. The quantitative estimate of drug-likeness (QED) is 0.211. The number of rotatable bonds is 8. The second-order valence-corrected chi connectivity index (χ2v) is 13.9. The molecule has 0 radical (unpaired) electrons. The number of aromatic nitrogens is 1. The molecule has 1 aliphatic heterocycles. The lowest BCUT2D eigenvalue weighted by atomic mass is 9.93. The highest BCUT2D eigenvalue weighted by atomic mass is 32.1. The van der Waals surface area contributed by atoms with E-state index >= 15 is 0 Å². The van der Waals surface area contributed by atoms with Crippen LogP contribution in [0.5, 0.6) is 5.75 Å². The van der Waals surface area contributed by atoms with E-state index in [4.69, 9.17) is 14.0 Å². The fourth-order valence-electron chi connectivity index (χ4n) is 5.58. The van der Waals surface area contributed by atoms with Gasteiger partial charge < -0.3 is 24.2 Å². The SMILES string of the molecule is CCNC(=O)c1noc(-c2cc(C(C)C)c(C)cc2OCc2ccccc2)c1-c1cc2c(s1)CCN(C(=O)OC(C)(C)C)CC2. The van der Waals surface area contributed by atoms with Crippen LogP contribution in [0.2, 0.25) is 0 Å². The van der Waals surface area contributed by atoms with Gasteiger partial charge in [-0.2, -0.15) is 0 Å². The van der Waals surface area contributed by atoms with Gasteiger partial charge in [0.2, 0.25) is 0 Å². The van der Waals surface area contributed by atoms with E-state index in [0.29, 0.717) is 56.2 Å². The highest BCUT2D eigenvalue weighted by Gasteiger charge is 2.30. The Labute approximate surface area is 269 Å². The largest absolute Gasteiger partial charge is 0.488 e. The van der Waals surface area contributed by atoms with Crippen LogP contribution in [0.3, 0.4) is 0 Å². The molecule has 9 heteroatoms. The monoisotopic (exact) mass is 629 g/mol. The summed E-state index contributed by atoms with van der Waals surface area (Å²) in [5, 5.41) is 7.23. The predicted octanol–water partition coefficient (Wildman–Crippen LogP) is 8.17. The van der Waals surface area contributed by atoms with Crippen LogP contribution in [0.1, 0.15) is 85.1 Å². The fourth-order valence-corrected chi connectivity index (χ4v) is 6.82. The average molecular weight is 630 g/mol. The van der Waals surface area contributed by atoms with Crippen LogP contribution in [0.4, 0.5) is 4.79 Å². The van der Waals surface area contributed by atoms with Gasteiger partial charge in [-0.1, -0.05) is 49.3 Å². The minimum atomic E-state index is -0.545. The van der Waals surface area contributed by atoms with Gasteiger partial charge in [0.25, 0.3) is 5.91 Å². The van der Waals surface area contributed by atoms with E-state index < -0.39 is 5.60 Å². The van der Waals surface area contributed by atoms with Gasteiger partial charge in [0.1, 0.15) is 18.0 Å². The molecule has 238 valence electrons. The van der Waals surface area contributed by atoms with Crippen molar-refractivity contribution < 1.29 is 23.6 Å². The van der Waals surface area contributed by atoms with Crippen LogP contribution in [-0.4, -0.2) is 47.3 Å². The van der Waals surface area contributed by atoms with Gasteiger partial charge in [-0.3, -0.25) is 4.79 Å². The molecule has 0 spiro atoms. The van der Waals surface area contributed by atoms with Crippen molar-refractivity contribution in [2.45, 2.75) is 79.4 Å². The van der Waals surface area contributed by atoms with Gasteiger partial charge in [-0.05, 0) is 93.8 Å². The molecule has 5 rings (SSSR count). The van der Waals surface area contributed by atoms with E-state index in [1.54, 1.807) is 16.2 Å². The zero-order valence-electron chi connectivity index (χ0n) is 27.3. The summed E-state index contributed by atoms with van der Waals surface area (Å²) in [6.45, 7) is 15.9. The van der Waals surface area contributed by atoms with Gasteiger partial charge in [0.15, 0.2) is 11.5 Å². The van der Waals surface area contributed by atoms with E-state index in [9.17, 15) is 9.59 Å². The van der Waals surface area contributed by atoms with Crippen LogP contribution >= 0.6 is 11.3 Å². The molecule has 0 unspecified atom stereocenters. The Balaban J connectivity index is 1.56. The number of nitrogens with zero attached hydrogens (tertiary/aromatic N) is 2. The summed E-state index contributed by atoms with van der Waals surface area (Å²) < 4.78 is 18.1. The topological polar surface area (TPSA) is 93.9 Å². The third kappa shape index (κ3) is 7.41. The number of benzene rings is 2. The second-order valence-electron chi connectivity index (χ2n) is 12.8. The summed E-state index contributed by atoms with van der Waals surface area (Å²) in [5.74, 6) is 1.16. The van der Waals surface area contributed by atoms with Crippen molar-refractivity contribution >= 4 is 23.3 Å². The number of hydrogen-bond donors (Lipinski definition) is 1. The molecule has 1 aliphatic rings. The van der Waals surface area contributed by atoms with Crippen molar-refractivity contribution in [1.82, 2.24) is 15.4 Å². The van der Waals surface area contributed by atoms with Crippen molar-refractivity contribution in [2.75, 3.05) is 19.6 Å². The third-order valence-corrected chi connectivity index (χ3v) is 9.03. The van der Waals surface area contributed by atoms with Crippen molar-refractivity contribution in [1.29, 1.82) is 0 Å². The van der Waals surface area contributed by atoms with Gasteiger partial charge in [0, 0.05) is 29.4 Å². The van der Waals surface area contributed by atoms with E-state index in [1.807, 2.05) is 58.0 Å². The molecule has 1 N–H and O–H groups in total. The highest BCUT2D eigenvalue weighted by Crippen LogP contribution is 2.45. The maximum Gasteiger partial charge on any atom is 0.410 e. The molecule has 4 aromatic rings. The van der Waals surface area contributed by atoms with Crippen molar-refractivity contribution in [3.63, 3.8) is 0 Å². The fraction of sp³-hybridized carbons (Fsp3) is 0.417. The number of amides is 2. The Kier molecular flexibility index (Phi) is 9.68. The number of fused-ring (bicyclic) bond motifs is 1. The molecule has 3 heterocycles. The summed E-state index contributed by atoms with van der Waals surface area (Å²) in [7, 11) is 0. The van der Waals surface area contributed by atoms with Gasteiger partial charge in [-0.15, -0.1) is 11.3 Å². The second kappa shape index (κ2) is 13.5. The lowest BCUT2D eigenvalue weighted by Gasteiger charge is -2.26. The average Bonchev–Trinajstić information content (AvgIpc) is 3.54. The summed E-state index contributed by atoms with van der Waals surface area (Å²) in [6.07, 6.45) is 1.10. The first kappa shape index (κ1) is 32.3. The number of ether oxygens (including phenoxy) is 2. The molecular weight excluding hydrogens is 586 g/mol. The molecule has 0 aliphatic carbocycles. The number of thiophene rings is 1. The van der Waals surface area contributed by atoms with Crippen LogP contribution in [0.25, 0.3) is 21.8 Å². The highest BCUT2D eigenvalue weighted by molar-refractivity contribution is 7.15. The number of aryl methyl sites for hydroxylation is 1. The molecule has 45 heavy (non-hydrogen) atoms. The summed E-state index contributed by atoms with van der Waals surface area (Å²) >= 11 is 1.62. The van der Waals surface area contributed by atoms with Crippen molar-refractivity contribution in [3.8, 4) is 27.5 Å². The summed E-state index contributed by atoms with van der Waals surface area (Å²) in [6, 6.07) is 16.3. The van der Waals surface area contributed by atoms with E-state index in [-0.39, 0.29) is 23.6 Å². The lowest BCUT2D eigenvalue weighted by Crippen LogP contribution is -2.38. The van der Waals surface area contributed by atoms with Crippen molar-refractivity contribution in [2.24, 2.45) is 0 Å². The molecule has 2 aromatic heterocycles. The third-order valence-electron chi connectivity index (χ3n) is 7.77. The Morgan fingerprint density at radius 1 is 1.09 bits per heavy atom. The normalized spacial score (nSPS) is 13.4. The number of hydrogen-bond acceptors (Lipinski definition) is 7. The minimum Gasteiger partial charge on any atom is -0.488 e. The summed E-state index contributed by atoms with van der Waals surface area (Å²) in [4.78, 5) is 30.0. The molecule has 8 nitrogen and oxygen atoms in total. The molecule has 0 atom stereocenters. The van der Waals surface area contributed by atoms with E-state index in [1.165, 1.54) is 10.4 Å². The number of carbonyl (C=O) groups is 2. The van der Waals surface area contributed by atoms with Gasteiger partial charge in [-0.25, -0.2) is 4.79 Å². The lowest BCUT2D eigenvalue weighted by molar-refractivity contribution is 0.0258. The van der Waals surface area contributed by atoms with Crippen molar-refractivity contribution in [3.05, 3.63) is 81.4 Å². The Bertz CT molecular complexity index is 1640. The Morgan fingerprint density at radius 3 is 2.51 bits per heavy atom. The van der Waals surface area contributed by atoms with Crippen LogP contribution < -0.4 is 10.1 Å². The first-order valence-corrected chi connectivity index (χ1v) is 16.5. The maximum absolute atomic E-state index is 13.3. The smallest absolute Gasteiger partial charge is 0.410 e. The van der Waals surface area contributed by atoms with Crippen LogP contribution in [0, 0.1) is 6.92 Å². The first-order valence-electron chi connectivity index (χ1n) is 15.6. The summed E-state index contributed by atoms with van der Waals surface area (Å²) in [5.41, 5.74) is 5.63. The van der Waals surface area contributed by atoms with Crippen LogP contribution in [-0.2, 0) is 24.2 Å². The Morgan fingerprint density at radius 2 is 1.82 bits per heavy atom. The molecule has 0 saturated carbocycles.